The summed E-state index contributed by atoms with van der Waals surface area (Å²) in [5.74, 6) is 1.36. The number of benzene rings is 2. The number of likely N-dealkylation sites (tertiary alicyclic amines) is 1. The predicted molar refractivity (Wildman–Crippen MR) is 305 cm³/mol. The minimum atomic E-state index is -0.478. The molecule has 0 saturated carbocycles. The van der Waals surface area contributed by atoms with E-state index in [4.69, 9.17) is 37.9 Å². The molecule has 2 aliphatic heterocycles. The number of carbonyl (C=O) groups is 1. The number of nitrogens with one attached hydrogen (secondary N) is 1. The van der Waals surface area contributed by atoms with E-state index in [9.17, 15) is 4.79 Å². The first-order chi connectivity index (χ1) is 34.4. The first-order valence-electron chi connectivity index (χ1n) is 25.0. The third-order valence-electron chi connectivity index (χ3n) is 14.2. The van der Waals surface area contributed by atoms with Gasteiger partial charge in [-0.2, -0.15) is 0 Å². The lowest BCUT2D eigenvalue weighted by Gasteiger charge is -2.37. The van der Waals surface area contributed by atoms with Crippen molar-refractivity contribution in [1.82, 2.24) is 39.3 Å². The highest BCUT2D eigenvalue weighted by Crippen LogP contribution is 2.47. The molecule has 73 heavy (non-hydrogen) atoms. The molecule has 2 saturated heterocycles. The molecule has 2 atom stereocenters. The number of fused-ring (bicyclic) bond motifs is 4. The van der Waals surface area contributed by atoms with Crippen LogP contribution in [0.2, 0.25) is 10.0 Å². The zero-order valence-corrected chi connectivity index (χ0v) is 45.6. The standard InChI is InChI=1S/C27H29ClN4.C24H26BrClN2O2.C8H12N2.CH4/c1-27(2,32-15-14-30-18-32)10-7-20-16-21-17-22(28)5-6-23(21)25(19-8-12-29-13-9-19)26-24(20)4-3-11-31-26;1-24(2,3)30-23(29)28-11-8-15(9-12-28)21-18-7-6-17(26)13-16(18)14-20(25)19-5-4-10-27-22(19)21;1-4-8(2,3)10-6-5-9-7-10;/h3-7,10-11,14-19,25,29H,8-9,12-13H2,1-2H3;4-7,10,13-15,21H,8-9,11-12H2,1-3H3;4-7H,1H2,2-3H3;1H4/b10-7+;;;. The van der Waals surface area contributed by atoms with Crippen molar-refractivity contribution in [2.24, 2.45) is 11.8 Å². The Morgan fingerprint density at radius 3 is 1.78 bits per heavy atom. The lowest BCUT2D eigenvalue weighted by molar-refractivity contribution is 0.0178. The van der Waals surface area contributed by atoms with Crippen LogP contribution in [-0.4, -0.2) is 71.8 Å². The van der Waals surface area contributed by atoms with Gasteiger partial charge in [0.05, 0.1) is 35.1 Å². The Labute approximate surface area is 451 Å². The fraction of sp³-hybridized carbons (Fsp3) is 0.383. The maximum absolute atomic E-state index is 12.5. The Balaban J connectivity index is 0.000000178. The number of hydrogen-bond donors (Lipinski definition) is 1. The summed E-state index contributed by atoms with van der Waals surface area (Å²) in [5, 5.41) is 5.01. The van der Waals surface area contributed by atoms with Gasteiger partial charge in [-0.1, -0.05) is 89.1 Å². The van der Waals surface area contributed by atoms with Crippen molar-refractivity contribution < 1.29 is 9.53 Å². The Kier molecular flexibility index (Phi) is 17.9. The third kappa shape index (κ3) is 13.2. The summed E-state index contributed by atoms with van der Waals surface area (Å²) in [5.41, 5.74) is 9.94. The van der Waals surface area contributed by atoms with Gasteiger partial charge < -0.3 is 24.1 Å². The van der Waals surface area contributed by atoms with Gasteiger partial charge in [0, 0.05) is 87.8 Å². The van der Waals surface area contributed by atoms with E-state index in [1.165, 1.54) is 33.5 Å². The normalized spacial score (nSPS) is 18.0. The van der Waals surface area contributed by atoms with Gasteiger partial charge in [-0.15, -0.1) is 6.58 Å². The van der Waals surface area contributed by atoms with Crippen LogP contribution in [-0.2, 0) is 15.8 Å². The van der Waals surface area contributed by atoms with Gasteiger partial charge in [0.15, 0.2) is 0 Å². The lowest BCUT2D eigenvalue weighted by Crippen LogP contribution is -2.42. The number of aromatic nitrogens is 6. The van der Waals surface area contributed by atoms with Crippen LogP contribution in [0.25, 0.3) is 22.2 Å². The van der Waals surface area contributed by atoms with Gasteiger partial charge in [-0.25, -0.2) is 14.8 Å². The SMILES string of the molecule is C.C=CC(C)(C)n1ccnc1.CC(C)(/C=C/C1=Cc2cc(Cl)ccc2C(C2CCNCC2)c2ncccc21)n1ccnc1.CC(C)(C)OC(=O)N1CCC(C2c3ccc(Cl)cc3C=C(Br)c3cccnc32)CC1. The average molecular weight is 1090 g/mol. The van der Waals surface area contributed by atoms with Crippen molar-refractivity contribution >= 4 is 67.4 Å². The van der Waals surface area contributed by atoms with Crippen LogP contribution >= 0.6 is 39.1 Å². The molecule has 10 nitrogen and oxygen atoms in total. The molecule has 2 aliphatic carbocycles. The maximum Gasteiger partial charge on any atom is 0.410 e. The molecule has 2 fully saturated rings. The minimum Gasteiger partial charge on any atom is -0.444 e. The number of rotatable bonds is 7. The van der Waals surface area contributed by atoms with Crippen molar-refractivity contribution in [1.29, 1.82) is 0 Å². The summed E-state index contributed by atoms with van der Waals surface area (Å²) < 4.78 is 10.7. The highest BCUT2D eigenvalue weighted by molar-refractivity contribution is 9.15. The van der Waals surface area contributed by atoms with E-state index in [2.05, 4.69) is 125 Å². The van der Waals surface area contributed by atoms with E-state index in [1.54, 1.807) is 12.5 Å². The molecule has 0 radical (unpaired) electrons. The summed E-state index contributed by atoms with van der Waals surface area (Å²) in [6, 6.07) is 20.8. The molecular weight excluding hydrogens is 1020 g/mol. The number of amides is 1. The number of pyridine rings is 2. The van der Waals surface area contributed by atoms with Crippen LogP contribution < -0.4 is 5.32 Å². The van der Waals surface area contributed by atoms with Crippen LogP contribution in [0, 0.1) is 11.8 Å². The molecule has 2 aromatic carbocycles. The topological polar surface area (TPSA) is 103 Å². The van der Waals surface area contributed by atoms with E-state index < -0.39 is 5.60 Å². The molecule has 6 heterocycles. The molecule has 384 valence electrons. The van der Waals surface area contributed by atoms with Crippen molar-refractivity contribution in [3.05, 3.63) is 190 Å². The summed E-state index contributed by atoms with van der Waals surface area (Å²) in [6.07, 6.45) is 29.7. The third-order valence-corrected chi connectivity index (χ3v) is 15.3. The van der Waals surface area contributed by atoms with E-state index in [0.29, 0.717) is 24.9 Å². The Morgan fingerprint density at radius 1 is 0.726 bits per heavy atom. The monoisotopic (exact) mass is 1080 g/mol. The number of carbonyl (C=O) groups excluding carboxylic acids is 1. The van der Waals surface area contributed by atoms with Crippen LogP contribution in [0.5, 0.6) is 0 Å². The number of piperidine rings is 2. The largest absolute Gasteiger partial charge is 0.444 e. The highest BCUT2D eigenvalue weighted by atomic mass is 79.9. The van der Waals surface area contributed by atoms with Gasteiger partial charge in [0.25, 0.3) is 0 Å². The molecule has 4 aliphatic rings. The molecule has 6 aromatic rings. The number of nitrogens with zero attached hydrogens (tertiary/aromatic N) is 7. The summed E-state index contributed by atoms with van der Waals surface area (Å²) in [4.78, 5) is 32.3. The lowest BCUT2D eigenvalue weighted by atomic mass is 9.76. The fourth-order valence-electron chi connectivity index (χ4n) is 10.1. The number of hydrogen-bond acceptors (Lipinski definition) is 7. The Bertz CT molecular complexity index is 2920. The molecule has 10 rings (SSSR count). The van der Waals surface area contributed by atoms with E-state index >= 15 is 0 Å². The van der Waals surface area contributed by atoms with Gasteiger partial charge in [0.1, 0.15) is 5.60 Å². The molecule has 13 heteroatoms. The second-order valence-corrected chi connectivity index (χ2v) is 22.9. The number of allylic oxidation sites excluding steroid dienone is 4. The van der Waals surface area contributed by atoms with Crippen molar-refractivity contribution in [3.8, 4) is 0 Å². The number of imidazole rings is 2. The van der Waals surface area contributed by atoms with Crippen molar-refractivity contribution in [2.75, 3.05) is 26.2 Å². The van der Waals surface area contributed by atoms with Crippen molar-refractivity contribution in [2.45, 2.75) is 110 Å². The van der Waals surface area contributed by atoms with Crippen LogP contribution in [0.1, 0.15) is 138 Å². The predicted octanol–water partition coefficient (Wildman–Crippen LogP) is 15.1. The molecular formula is C60H71BrCl2N8O2. The molecule has 4 aromatic heterocycles. The molecule has 0 spiro atoms. The summed E-state index contributed by atoms with van der Waals surface area (Å²) in [7, 11) is 0. The van der Waals surface area contributed by atoms with Crippen LogP contribution in [0.15, 0.2) is 135 Å². The second kappa shape index (κ2) is 23.7. The molecule has 2 unspecified atom stereocenters. The quantitative estimate of drug-likeness (QED) is 0.159. The van der Waals surface area contributed by atoms with Gasteiger partial charge in [-0.3, -0.25) is 9.97 Å². The average Bonchev–Trinajstić information content (AvgIpc) is 4.09. The maximum atomic E-state index is 12.5. The van der Waals surface area contributed by atoms with Crippen molar-refractivity contribution in [3.63, 3.8) is 0 Å². The molecule has 0 bridgehead atoms. The zero-order chi connectivity index (χ0) is 51.2. The van der Waals surface area contributed by atoms with Gasteiger partial charge in [0.2, 0.25) is 0 Å². The first kappa shape index (κ1) is 55.2. The Morgan fingerprint density at radius 2 is 1.25 bits per heavy atom. The van der Waals surface area contributed by atoms with Gasteiger partial charge in [-0.05, 0) is 175 Å². The zero-order valence-electron chi connectivity index (χ0n) is 42.5. The highest BCUT2D eigenvalue weighted by Gasteiger charge is 2.37. The molecule has 1 N–H and O–H groups in total. The van der Waals surface area contributed by atoms with E-state index in [1.807, 2.05) is 104 Å². The van der Waals surface area contributed by atoms with Crippen LogP contribution in [0.4, 0.5) is 4.79 Å². The smallest absolute Gasteiger partial charge is 0.410 e. The van der Waals surface area contributed by atoms with E-state index in [0.717, 1.165) is 70.1 Å². The Hall–Kier alpha value is -5.59. The minimum absolute atomic E-state index is 0. The van der Waals surface area contributed by atoms with Gasteiger partial charge >= 0.3 is 6.09 Å². The van der Waals surface area contributed by atoms with Crippen LogP contribution in [0.3, 0.4) is 0 Å². The fourth-order valence-corrected chi connectivity index (χ4v) is 11.1. The number of halogens is 3. The second-order valence-electron chi connectivity index (χ2n) is 21.1. The number of ether oxygens (including phenoxy) is 1. The summed E-state index contributed by atoms with van der Waals surface area (Å²) in [6.45, 7) is 21.5. The van der Waals surface area contributed by atoms with E-state index in [-0.39, 0.29) is 36.4 Å². The molecule has 1 amide bonds. The summed E-state index contributed by atoms with van der Waals surface area (Å²) >= 11 is 16.5. The first-order valence-corrected chi connectivity index (χ1v) is 26.5.